The molecule has 1 aliphatic rings. The van der Waals surface area contributed by atoms with Gasteiger partial charge in [0.25, 0.3) is 0 Å². The molecule has 2 aromatic carbocycles. The number of anilines is 2. The fraction of sp³-hybridized carbons (Fsp3) is 0.269. The second-order valence-electron chi connectivity index (χ2n) is 8.37. The zero-order valence-electron chi connectivity index (χ0n) is 18.6. The summed E-state index contributed by atoms with van der Waals surface area (Å²) in [5.74, 6) is -0.401. The molecule has 5 nitrogen and oxygen atoms in total. The van der Waals surface area contributed by atoms with E-state index in [0.717, 1.165) is 32.8 Å². The maximum Gasteiger partial charge on any atom is 0.231 e. The first-order valence-electron chi connectivity index (χ1n) is 11.2. The maximum atomic E-state index is 13.5. The van der Waals surface area contributed by atoms with E-state index in [2.05, 4.69) is 29.4 Å². The Morgan fingerprint density at radius 2 is 2.00 bits per heavy atom. The summed E-state index contributed by atoms with van der Waals surface area (Å²) in [6, 6.07) is 17.8. The molecule has 0 bridgehead atoms. The summed E-state index contributed by atoms with van der Waals surface area (Å²) >= 11 is 3.08. The number of rotatable bonds is 5. The van der Waals surface area contributed by atoms with Crippen LogP contribution in [-0.4, -0.2) is 16.8 Å². The average molecular weight is 476 g/mol. The molecule has 2 amide bonds. The first-order valence-corrected chi connectivity index (χ1v) is 12.9. The molecule has 0 aliphatic carbocycles. The number of nitrogens with zero attached hydrogens (tertiary/aromatic N) is 2. The number of hydrogen-bond donors (Lipinski definition) is 1. The standard InChI is InChI=1S/C26H25N3O2S2/c1-3-17-8-12-20-22(15-17)33-26(27-20)28-25(31)19-11-13-23(30)29(18-9-6-16(2)7-10-18)24(19)21-5-4-14-32-21/h4-10,12,14-15,19,24H,3,11,13H2,1-2H3,(H,27,28,31)/t19-,24+/m1/s1. The van der Waals surface area contributed by atoms with Crippen LogP contribution < -0.4 is 10.2 Å². The molecule has 0 saturated carbocycles. The maximum absolute atomic E-state index is 13.5. The highest BCUT2D eigenvalue weighted by Gasteiger charge is 2.42. The molecule has 2 atom stereocenters. The molecular weight excluding hydrogens is 450 g/mol. The molecule has 7 heteroatoms. The molecule has 33 heavy (non-hydrogen) atoms. The van der Waals surface area contributed by atoms with Crippen molar-refractivity contribution >= 4 is 55.5 Å². The number of piperidine rings is 1. The van der Waals surface area contributed by atoms with E-state index in [4.69, 9.17) is 0 Å². The minimum atomic E-state index is -0.360. The first-order chi connectivity index (χ1) is 16.0. The van der Waals surface area contributed by atoms with E-state index in [1.54, 1.807) is 11.3 Å². The number of carbonyl (C=O) groups excluding carboxylic acids is 2. The molecule has 4 aromatic rings. The SMILES string of the molecule is CCc1ccc2nc(NC(=O)[C@@H]3CCC(=O)N(c4ccc(C)cc4)[C@@H]3c3cccs3)sc2c1. The third-order valence-electron chi connectivity index (χ3n) is 6.17. The van der Waals surface area contributed by atoms with Gasteiger partial charge in [0.2, 0.25) is 11.8 Å². The third-order valence-corrected chi connectivity index (χ3v) is 8.05. The lowest BCUT2D eigenvalue weighted by Gasteiger charge is -2.40. The third kappa shape index (κ3) is 4.30. The Morgan fingerprint density at radius 3 is 2.73 bits per heavy atom. The van der Waals surface area contributed by atoms with Crippen LogP contribution in [0.3, 0.4) is 0 Å². The van der Waals surface area contributed by atoms with Crippen molar-refractivity contribution in [1.82, 2.24) is 4.98 Å². The van der Waals surface area contributed by atoms with E-state index in [1.165, 1.54) is 16.9 Å². The molecule has 1 N–H and O–H groups in total. The number of hydrogen-bond acceptors (Lipinski definition) is 5. The van der Waals surface area contributed by atoms with Crippen LogP contribution in [0.4, 0.5) is 10.8 Å². The number of amides is 2. The summed E-state index contributed by atoms with van der Waals surface area (Å²) in [4.78, 5) is 34.1. The van der Waals surface area contributed by atoms with E-state index in [1.807, 2.05) is 59.7 Å². The van der Waals surface area contributed by atoms with Gasteiger partial charge in [-0.05, 0) is 61.0 Å². The number of aromatic nitrogens is 1. The molecular formula is C26H25N3O2S2. The Kier molecular flexibility index (Phi) is 6.00. The van der Waals surface area contributed by atoms with E-state index < -0.39 is 0 Å². The number of carbonyl (C=O) groups is 2. The lowest BCUT2D eigenvalue weighted by Crippen LogP contribution is -2.46. The predicted molar refractivity (Wildman–Crippen MR) is 136 cm³/mol. The van der Waals surface area contributed by atoms with Gasteiger partial charge in [0.05, 0.1) is 22.2 Å². The molecule has 0 spiro atoms. The highest BCUT2D eigenvalue weighted by Crippen LogP contribution is 2.42. The fourth-order valence-corrected chi connectivity index (χ4v) is 6.22. The Hall–Kier alpha value is -3.03. The van der Waals surface area contributed by atoms with Crippen LogP contribution in [0.25, 0.3) is 10.2 Å². The van der Waals surface area contributed by atoms with Gasteiger partial charge in [-0.3, -0.25) is 9.59 Å². The Labute approximate surface area is 201 Å². The van der Waals surface area contributed by atoms with Gasteiger partial charge in [-0.15, -0.1) is 11.3 Å². The van der Waals surface area contributed by atoms with Crippen LogP contribution in [0.15, 0.2) is 60.0 Å². The Morgan fingerprint density at radius 1 is 1.18 bits per heavy atom. The number of thiophene rings is 1. The van der Waals surface area contributed by atoms with Crippen molar-refractivity contribution in [3.63, 3.8) is 0 Å². The van der Waals surface area contributed by atoms with Crippen LogP contribution in [0.2, 0.25) is 0 Å². The second kappa shape index (κ2) is 9.08. The zero-order chi connectivity index (χ0) is 22.9. The van der Waals surface area contributed by atoms with Crippen LogP contribution in [0, 0.1) is 12.8 Å². The Bertz CT molecular complexity index is 1300. The van der Waals surface area contributed by atoms with Crippen LogP contribution in [0.5, 0.6) is 0 Å². The molecule has 0 radical (unpaired) electrons. The summed E-state index contributed by atoms with van der Waals surface area (Å²) in [5.41, 5.74) is 4.10. The number of fused-ring (bicyclic) bond motifs is 1. The van der Waals surface area contributed by atoms with Gasteiger partial charge in [-0.2, -0.15) is 0 Å². The largest absolute Gasteiger partial charge is 0.303 e. The van der Waals surface area contributed by atoms with Crippen LogP contribution >= 0.6 is 22.7 Å². The predicted octanol–water partition coefficient (Wildman–Crippen LogP) is 6.35. The normalized spacial score (nSPS) is 18.6. The first kappa shape index (κ1) is 21.8. The van der Waals surface area contributed by atoms with Gasteiger partial charge in [0.1, 0.15) is 0 Å². The van der Waals surface area contributed by atoms with Crippen molar-refractivity contribution in [2.45, 2.75) is 39.2 Å². The number of aryl methyl sites for hydroxylation is 2. The van der Waals surface area contributed by atoms with Crippen molar-refractivity contribution in [3.8, 4) is 0 Å². The zero-order valence-corrected chi connectivity index (χ0v) is 20.2. The van der Waals surface area contributed by atoms with Gasteiger partial charge in [-0.1, -0.05) is 48.1 Å². The highest BCUT2D eigenvalue weighted by atomic mass is 32.1. The molecule has 3 heterocycles. The number of thiazole rings is 1. The number of nitrogens with one attached hydrogen (secondary N) is 1. The lowest BCUT2D eigenvalue weighted by molar-refractivity contribution is -0.125. The number of benzene rings is 2. The van der Waals surface area contributed by atoms with Gasteiger partial charge >= 0.3 is 0 Å². The van der Waals surface area contributed by atoms with Crippen molar-refractivity contribution in [1.29, 1.82) is 0 Å². The molecule has 1 aliphatic heterocycles. The minimum Gasteiger partial charge on any atom is -0.303 e. The van der Waals surface area contributed by atoms with E-state index >= 15 is 0 Å². The lowest BCUT2D eigenvalue weighted by atomic mass is 9.86. The van der Waals surface area contributed by atoms with Gasteiger partial charge in [0, 0.05) is 17.0 Å². The monoisotopic (exact) mass is 475 g/mol. The van der Waals surface area contributed by atoms with Gasteiger partial charge in [-0.25, -0.2) is 4.98 Å². The summed E-state index contributed by atoms with van der Waals surface area (Å²) in [6.45, 7) is 4.15. The average Bonchev–Trinajstić information content (AvgIpc) is 3.48. The van der Waals surface area contributed by atoms with E-state index in [0.29, 0.717) is 18.0 Å². The van der Waals surface area contributed by atoms with Gasteiger partial charge in [0.15, 0.2) is 5.13 Å². The smallest absolute Gasteiger partial charge is 0.231 e. The molecule has 2 aromatic heterocycles. The second-order valence-corrected chi connectivity index (χ2v) is 10.4. The van der Waals surface area contributed by atoms with E-state index in [-0.39, 0.29) is 23.8 Å². The molecule has 0 unspecified atom stereocenters. The summed E-state index contributed by atoms with van der Waals surface area (Å²) < 4.78 is 1.07. The van der Waals surface area contributed by atoms with Crippen molar-refractivity contribution < 1.29 is 9.59 Å². The van der Waals surface area contributed by atoms with Crippen LogP contribution in [-0.2, 0) is 16.0 Å². The Balaban J connectivity index is 1.47. The van der Waals surface area contributed by atoms with Crippen molar-refractivity contribution in [2.24, 2.45) is 5.92 Å². The minimum absolute atomic E-state index is 0.0494. The summed E-state index contributed by atoms with van der Waals surface area (Å²) in [6.07, 6.45) is 1.82. The molecule has 5 rings (SSSR count). The molecule has 1 fully saturated rings. The van der Waals surface area contributed by atoms with Crippen molar-refractivity contribution in [3.05, 3.63) is 76.0 Å². The molecule has 1 saturated heterocycles. The molecule has 168 valence electrons. The summed E-state index contributed by atoms with van der Waals surface area (Å²) in [5, 5.41) is 5.66. The fourth-order valence-electron chi connectivity index (χ4n) is 4.40. The van der Waals surface area contributed by atoms with Crippen molar-refractivity contribution in [2.75, 3.05) is 10.2 Å². The highest BCUT2D eigenvalue weighted by molar-refractivity contribution is 7.22. The van der Waals surface area contributed by atoms with Gasteiger partial charge < -0.3 is 10.2 Å². The van der Waals surface area contributed by atoms with Crippen LogP contribution in [0.1, 0.15) is 41.8 Å². The quantitative estimate of drug-likeness (QED) is 0.366. The van der Waals surface area contributed by atoms with E-state index in [9.17, 15) is 9.59 Å². The topological polar surface area (TPSA) is 62.3 Å². The summed E-state index contributed by atoms with van der Waals surface area (Å²) in [7, 11) is 0.